The SMILES string of the molecule is CCOc1ccc(Nc2ncccc2C(=O)N2CCNC(C)C2)cc1.Cl.Cl. The van der Waals surface area contributed by atoms with Gasteiger partial charge in [-0.3, -0.25) is 4.79 Å². The number of nitrogens with one attached hydrogen (secondary N) is 2. The van der Waals surface area contributed by atoms with Crippen molar-refractivity contribution in [3.63, 3.8) is 0 Å². The van der Waals surface area contributed by atoms with Gasteiger partial charge in [-0.2, -0.15) is 0 Å². The van der Waals surface area contributed by atoms with Crippen LogP contribution >= 0.6 is 24.8 Å². The summed E-state index contributed by atoms with van der Waals surface area (Å²) in [6.07, 6.45) is 1.69. The van der Waals surface area contributed by atoms with Crippen molar-refractivity contribution in [2.45, 2.75) is 19.9 Å². The second-order valence-electron chi connectivity index (χ2n) is 6.09. The molecule has 1 aliphatic rings. The quantitative estimate of drug-likeness (QED) is 0.786. The van der Waals surface area contributed by atoms with Crippen molar-refractivity contribution < 1.29 is 9.53 Å². The number of benzene rings is 1. The average molecular weight is 413 g/mol. The van der Waals surface area contributed by atoms with Crippen molar-refractivity contribution in [3.05, 3.63) is 48.2 Å². The predicted octanol–water partition coefficient (Wildman–Crippen LogP) is 3.50. The number of hydrogen-bond acceptors (Lipinski definition) is 5. The number of nitrogens with zero attached hydrogens (tertiary/aromatic N) is 2. The molecule has 1 aliphatic heterocycles. The van der Waals surface area contributed by atoms with E-state index in [1.807, 2.05) is 42.2 Å². The van der Waals surface area contributed by atoms with Crippen molar-refractivity contribution in [3.8, 4) is 5.75 Å². The van der Waals surface area contributed by atoms with E-state index in [-0.39, 0.29) is 30.7 Å². The highest BCUT2D eigenvalue weighted by Crippen LogP contribution is 2.22. The largest absolute Gasteiger partial charge is 0.494 e. The van der Waals surface area contributed by atoms with Crippen LogP contribution in [0.4, 0.5) is 11.5 Å². The zero-order valence-electron chi connectivity index (χ0n) is 15.5. The molecular weight excluding hydrogens is 387 g/mol. The summed E-state index contributed by atoms with van der Waals surface area (Å²) in [7, 11) is 0. The van der Waals surface area contributed by atoms with Crippen molar-refractivity contribution >= 4 is 42.2 Å². The number of anilines is 2. The molecule has 27 heavy (non-hydrogen) atoms. The molecule has 2 N–H and O–H groups in total. The molecule has 1 amide bonds. The van der Waals surface area contributed by atoms with Gasteiger partial charge in [0.05, 0.1) is 12.2 Å². The van der Waals surface area contributed by atoms with Crippen LogP contribution in [0.3, 0.4) is 0 Å². The first-order chi connectivity index (χ1) is 12.2. The number of halogens is 2. The molecule has 1 fully saturated rings. The Morgan fingerprint density at radius 1 is 1.30 bits per heavy atom. The van der Waals surface area contributed by atoms with E-state index in [0.717, 1.165) is 18.0 Å². The van der Waals surface area contributed by atoms with Crippen LogP contribution in [0.2, 0.25) is 0 Å². The summed E-state index contributed by atoms with van der Waals surface area (Å²) in [5, 5.41) is 6.59. The minimum Gasteiger partial charge on any atom is -0.494 e. The molecule has 8 heteroatoms. The maximum atomic E-state index is 12.9. The number of ether oxygens (including phenoxy) is 1. The Labute approximate surface area is 172 Å². The van der Waals surface area contributed by atoms with Gasteiger partial charge in [0.1, 0.15) is 11.6 Å². The van der Waals surface area contributed by atoms with Crippen LogP contribution in [-0.2, 0) is 0 Å². The topological polar surface area (TPSA) is 66.5 Å². The lowest BCUT2D eigenvalue weighted by Crippen LogP contribution is -2.51. The lowest BCUT2D eigenvalue weighted by molar-refractivity contribution is 0.0710. The molecule has 2 aromatic rings. The zero-order chi connectivity index (χ0) is 17.6. The molecule has 148 valence electrons. The van der Waals surface area contributed by atoms with E-state index < -0.39 is 0 Å². The molecule has 0 radical (unpaired) electrons. The standard InChI is InChI=1S/C19H24N4O2.2ClH/c1-3-25-16-8-6-15(7-9-16)22-18-17(5-4-10-21-18)19(24)23-12-11-20-14(2)13-23;;/h4-10,14,20H,3,11-13H2,1-2H3,(H,21,22);2*1H. The first kappa shape index (κ1) is 23.0. The number of amides is 1. The summed E-state index contributed by atoms with van der Waals surface area (Å²) in [5.74, 6) is 1.40. The first-order valence-electron chi connectivity index (χ1n) is 8.65. The van der Waals surface area contributed by atoms with Crippen LogP contribution in [0.5, 0.6) is 5.75 Å². The lowest BCUT2D eigenvalue weighted by Gasteiger charge is -2.32. The summed E-state index contributed by atoms with van der Waals surface area (Å²) < 4.78 is 5.45. The summed E-state index contributed by atoms with van der Waals surface area (Å²) in [5.41, 5.74) is 1.45. The minimum absolute atomic E-state index is 0. The maximum Gasteiger partial charge on any atom is 0.257 e. The average Bonchev–Trinajstić information content (AvgIpc) is 2.63. The van der Waals surface area contributed by atoms with Gasteiger partial charge in [-0.1, -0.05) is 0 Å². The van der Waals surface area contributed by atoms with Gasteiger partial charge in [0.25, 0.3) is 5.91 Å². The van der Waals surface area contributed by atoms with Crippen molar-refractivity contribution in [1.29, 1.82) is 0 Å². The maximum absolute atomic E-state index is 12.9. The Bertz CT molecular complexity index is 728. The van der Waals surface area contributed by atoms with E-state index in [9.17, 15) is 4.79 Å². The normalized spacial score (nSPS) is 15.9. The van der Waals surface area contributed by atoms with Gasteiger partial charge in [-0.25, -0.2) is 4.98 Å². The fourth-order valence-electron chi connectivity index (χ4n) is 2.90. The van der Waals surface area contributed by atoms with Gasteiger partial charge < -0.3 is 20.3 Å². The van der Waals surface area contributed by atoms with Gasteiger partial charge in [0, 0.05) is 37.6 Å². The molecule has 0 saturated carbocycles. The van der Waals surface area contributed by atoms with E-state index in [1.165, 1.54) is 0 Å². The molecule has 6 nitrogen and oxygen atoms in total. The van der Waals surface area contributed by atoms with Crippen LogP contribution < -0.4 is 15.4 Å². The molecule has 1 saturated heterocycles. The Hall–Kier alpha value is -2.02. The van der Waals surface area contributed by atoms with Gasteiger partial charge in [-0.05, 0) is 50.2 Å². The highest BCUT2D eigenvalue weighted by molar-refractivity contribution is 5.99. The molecule has 1 aromatic heterocycles. The van der Waals surface area contributed by atoms with Crippen LogP contribution in [-0.4, -0.2) is 48.1 Å². The second-order valence-corrected chi connectivity index (χ2v) is 6.09. The summed E-state index contributed by atoms with van der Waals surface area (Å²) >= 11 is 0. The molecule has 0 spiro atoms. The summed E-state index contributed by atoms with van der Waals surface area (Å²) in [6, 6.07) is 11.5. The number of aromatic nitrogens is 1. The molecule has 2 heterocycles. The zero-order valence-corrected chi connectivity index (χ0v) is 17.1. The monoisotopic (exact) mass is 412 g/mol. The molecular formula is C19H26Cl2N4O2. The third-order valence-electron chi connectivity index (χ3n) is 4.12. The Kier molecular flexibility index (Phi) is 9.35. The van der Waals surface area contributed by atoms with Gasteiger partial charge in [0.2, 0.25) is 0 Å². The third kappa shape index (κ3) is 5.99. The molecule has 1 aromatic carbocycles. The number of hydrogen-bond donors (Lipinski definition) is 2. The highest BCUT2D eigenvalue weighted by Gasteiger charge is 2.23. The van der Waals surface area contributed by atoms with E-state index in [4.69, 9.17) is 4.74 Å². The van der Waals surface area contributed by atoms with Crippen LogP contribution in [0.1, 0.15) is 24.2 Å². The molecule has 3 rings (SSSR count). The van der Waals surface area contributed by atoms with E-state index in [2.05, 4.69) is 22.5 Å². The van der Waals surface area contributed by atoms with E-state index in [1.54, 1.807) is 12.3 Å². The number of carbonyl (C=O) groups is 1. The smallest absolute Gasteiger partial charge is 0.257 e. The van der Waals surface area contributed by atoms with E-state index in [0.29, 0.717) is 37.1 Å². The van der Waals surface area contributed by atoms with Gasteiger partial charge >= 0.3 is 0 Å². The number of pyridine rings is 1. The minimum atomic E-state index is 0. The first-order valence-corrected chi connectivity index (χ1v) is 8.65. The van der Waals surface area contributed by atoms with Crippen LogP contribution in [0.15, 0.2) is 42.6 Å². The number of piperazine rings is 1. The Morgan fingerprint density at radius 3 is 2.70 bits per heavy atom. The van der Waals surface area contributed by atoms with Gasteiger partial charge in [0.15, 0.2) is 0 Å². The Balaban J connectivity index is 0.00000182. The van der Waals surface area contributed by atoms with Crippen LogP contribution in [0.25, 0.3) is 0 Å². The van der Waals surface area contributed by atoms with E-state index >= 15 is 0 Å². The third-order valence-corrected chi connectivity index (χ3v) is 4.12. The number of rotatable bonds is 5. The fourth-order valence-corrected chi connectivity index (χ4v) is 2.90. The lowest BCUT2D eigenvalue weighted by atomic mass is 10.1. The summed E-state index contributed by atoms with van der Waals surface area (Å²) in [6.45, 7) is 6.90. The molecule has 0 aliphatic carbocycles. The van der Waals surface area contributed by atoms with Crippen molar-refractivity contribution in [2.24, 2.45) is 0 Å². The summed E-state index contributed by atoms with van der Waals surface area (Å²) in [4.78, 5) is 19.1. The van der Waals surface area contributed by atoms with Crippen molar-refractivity contribution in [2.75, 3.05) is 31.6 Å². The van der Waals surface area contributed by atoms with Crippen LogP contribution in [0, 0.1) is 0 Å². The second kappa shape index (κ2) is 11.0. The molecule has 1 atom stereocenters. The fraction of sp³-hybridized carbons (Fsp3) is 0.368. The predicted molar refractivity (Wildman–Crippen MR) is 113 cm³/mol. The highest BCUT2D eigenvalue weighted by atomic mass is 35.5. The van der Waals surface area contributed by atoms with Gasteiger partial charge in [-0.15, -0.1) is 24.8 Å². The Morgan fingerprint density at radius 2 is 2.04 bits per heavy atom. The van der Waals surface area contributed by atoms with Crippen molar-refractivity contribution in [1.82, 2.24) is 15.2 Å². The molecule has 1 unspecified atom stereocenters. The number of carbonyl (C=O) groups excluding carboxylic acids is 1. The molecule has 0 bridgehead atoms.